The van der Waals surface area contributed by atoms with Crippen molar-refractivity contribution >= 4 is 5.91 Å². The van der Waals surface area contributed by atoms with Gasteiger partial charge in [0.25, 0.3) is 0 Å². The summed E-state index contributed by atoms with van der Waals surface area (Å²) < 4.78 is 0. The first-order chi connectivity index (χ1) is 5.25. The molecule has 1 heterocycles. The molecule has 0 saturated carbocycles. The smallest absolute Gasteiger partial charge is 0.246 e. The van der Waals surface area contributed by atoms with E-state index in [-0.39, 0.29) is 5.91 Å². The Kier molecular flexibility index (Phi) is 2.69. The van der Waals surface area contributed by atoms with Gasteiger partial charge in [0.05, 0.1) is 6.04 Å². The number of amides is 1. The Morgan fingerprint density at radius 1 is 1.64 bits per heavy atom. The van der Waals surface area contributed by atoms with E-state index in [9.17, 15) is 4.79 Å². The van der Waals surface area contributed by atoms with E-state index in [1.165, 1.54) is 12.8 Å². The number of hydrogen-bond acceptors (Lipinski definition) is 1. The summed E-state index contributed by atoms with van der Waals surface area (Å²) in [7, 11) is 1.86. The summed E-state index contributed by atoms with van der Waals surface area (Å²) in [6.07, 6.45) is 7.17. The molecule has 1 atom stereocenters. The van der Waals surface area contributed by atoms with Crippen molar-refractivity contribution in [2.45, 2.75) is 32.2 Å². The highest BCUT2D eigenvalue weighted by Gasteiger charge is 2.20. The van der Waals surface area contributed by atoms with Crippen molar-refractivity contribution < 1.29 is 4.79 Å². The van der Waals surface area contributed by atoms with Crippen LogP contribution in [0.1, 0.15) is 26.2 Å². The molecule has 2 nitrogen and oxygen atoms in total. The van der Waals surface area contributed by atoms with E-state index in [0.717, 1.165) is 6.42 Å². The maximum atomic E-state index is 11.0. The summed E-state index contributed by atoms with van der Waals surface area (Å²) in [5.74, 6) is 0.145. The van der Waals surface area contributed by atoms with Crippen molar-refractivity contribution in [3.05, 3.63) is 12.2 Å². The van der Waals surface area contributed by atoms with Crippen LogP contribution in [0.25, 0.3) is 0 Å². The Balaban J connectivity index is 2.36. The Morgan fingerprint density at radius 2 is 2.36 bits per heavy atom. The lowest BCUT2D eigenvalue weighted by atomic mass is 10.1. The Bertz CT molecular complexity index is 174. The lowest BCUT2D eigenvalue weighted by Gasteiger charge is -2.18. The molecule has 1 aliphatic heterocycles. The minimum absolute atomic E-state index is 0.145. The number of nitrogens with zero attached hydrogens (tertiary/aromatic N) is 1. The fourth-order valence-corrected chi connectivity index (χ4v) is 1.31. The molecule has 0 aliphatic carbocycles. The maximum Gasteiger partial charge on any atom is 0.246 e. The topological polar surface area (TPSA) is 20.3 Å². The highest BCUT2D eigenvalue weighted by Crippen LogP contribution is 2.14. The van der Waals surface area contributed by atoms with Crippen LogP contribution in [0.2, 0.25) is 0 Å². The SMILES string of the molecule is CCCCC1C=CC(=O)N1C. The van der Waals surface area contributed by atoms with Crippen molar-refractivity contribution in [1.29, 1.82) is 0 Å². The fourth-order valence-electron chi connectivity index (χ4n) is 1.31. The van der Waals surface area contributed by atoms with Crippen LogP contribution in [-0.2, 0) is 4.79 Å². The molecule has 1 unspecified atom stereocenters. The average Bonchev–Trinajstić information content (AvgIpc) is 2.31. The van der Waals surface area contributed by atoms with Gasteiger partial charge in [0.2, 0.25) is 5.91 Å². The normalized spacial score (nSPS) is 23.3. The Morgan fingerprint density at radius 3 is 2.82 bits per heavy atom. The van der Waals surface area contributed by atoms with Crippen molar-refractivity contribution in [2.24, 2.45) is 0 Å². The van der Waals surface area contributed by atoms with Crippen LogP contribution in [0.5, 0.6) is 0 Å². The van der Waals surface area contributed by atoms with Gasteiger partial charge >= 0.3 is 0 Å². The molecule has 0 aromatic carbocycles. The minimum Gasteiger partial charge on any atom is -0.336 e. The Labute approximate surface area is 67.9 Å². The third kappa shape index (κ3) is 1.82. The number of rotatable bonds is 3. The van der Waals surface area contributed by atoms with Gasteiger partial charge in [-0.3, -0.25) is 4.79 Å². The molecular weight excluding hydrogens is 138 g/mol. The first-order valence-electron chi connectivity index (χ1n) is 4.20. The molecule has 0 bridgehead atoms. The standard InChI is InChI=1S/C9H15NO/c1-3-4-5-8-6-7-9(11)10(8)2/h6-8H,3-5H2,1-2H3. The Hall–Kier alpha value is -0.790. The van der Waals surface area contributed by atoms with Gasteiger partial charge in [0.15, 0.2) is 0 Å². The van der Waals surface area contributed by atoms with E-state index in [1.54, 1.807) is 11.0 Å². The lowest BCUT2D eigenvalue weighted by Crippen LogP contribution is -2.29. The minimum atomic E-state index is 0.145. The van der Waals surface area contributed by atoms with E-state index in [1.807, 2.05) is 13.1 Å². The van der Waals surface area contributed by atoms with E-state index in [4.69, 9.17) is 0 Å². The molecule has 0 N–H and O–H groups in total. The van der Waals surface area contributed by atoms with Gasteiger partial charge in [-0.25, -0.2) is 0 Å². The van der Waals surface area contributed by atoms with E-state index >= 15 is 0 Å². The second kappa shape index (κ2) is 3.56. The van der Waals surface area contributed by atoms with Crippen LogP contribution in [-0.4, -0.2) is 23.9 Å². The van der Waals surface area contributed by atoms with Crippen LogP contribution in [0.15, 0.2) is 12.2 Å². The number of carbonyl (C=O) groups is 1. The van der Waals surface area contributed by atoms with Crippen molar-refractivity contribution in [2.75, 3.05) is 7.05 Å². The highest BCUT2D eigenvalue weighted by atomic mass is 16.2. The number of hydrogen-bond donors (Lipinski definition) is 0. The quantitative estimate of drug-likeness (QED) is 0.602. The van der Waals surface area contributed by atoms with Gasteiger partial charge in [-0.2, -0.15) is 0 Å². The average molecular weight is 153 g/mol. The molecule has 0 saturated heterocycles. The zero-order chi connectivity index (χ0) is 8.27. The van der Waals surface area contributed by atoms with Gasteiger partial charge in [-0.05, 0) is 6.42 Å². The fraction of sp³-hybridized carbons (Fsp3) is 0.667. The molecule has 0 aromatic rings. The van der Waals surface area contributed by atoms with Gasteiger partial charge in [-0.15, -0.1) is 0 Å². The largest absolute Gasteiger partial charge is 0.336 e. The number of unbranched alkanes of at least 4 members (excludes halogenated alkanes) is 1. The van der Waals surface area contributed by atoms with Crippen LogP contribution >= 0.6 is 0 Å². The van der Waals surface area contributed by atoms with Gasteiger partial charge in [0, 0.05) is 13.1 Å². The molecule has 11 heavy (non-hydrogen) atoms. The summed E-state index contributed by atoms with van der Waals surface area (Å²) >= 11 is 0. The summed E-state index contributed by atoms with van der Waals surface area (Å²) in [4.78, 5) is 12.8. The number of likely N-dealkylation sites (N-methyl/N-ethyl adjacent to an activating group) is 1. The van der Waals surface area contributed by atoms with Crippen LogP contribution in [0, 0.1) is 0 Å². The summed E-state index contributed by atoms with van der Waals surface area (Å²) in [5.41, 5.74) is 0. The zero-order valence-corrected chi connectivity index (χ0v) is 7.21. The zero-order valence-electron chi connectivity index (χ0n) is 7.21. The molecular formula is C9H15NO. The van der Waals surface area contributed by atoms with E-state index in [2.05, 4.69) is 6.92 Å². The third-order valence-corrected chi connectivity index (χ3v) is 2.16. The molecule has 0 spiro atoms. The van der Waals surface area contributed by atoms with Crippen LogP contribution in [0.4, 0.5) is 0 Å². The van der Waals surface area contributed by atoms with Crippen molar-refractivity contribution in [3.63, 3.8) is 0 Å². The lowest BCUT2D eigenvalue weighted by molar-refractivity contribution is -0.124. The predicted octanol–water partition coefficient (Wildman–Crippen LogP) is 1.57. The molecule has 2 heteroatoms. The van der Waals surface area contributed by atoms with Crippen molar-refractivity contribution in [3.8, 4) is 0 Å². The van der Waals surface area contributed by atoms with Crippen LogP contribution in [0.3, 0.4) is 0 Å². The van der Waals surface area contributed by atoms with Crippen molar-refractivity contribution in [1.82, 2.24) is 4.90 Å². The van der Waals surface area contributed by atoms with E-state index in [0.29, 0.717) is 6.04 Å². The van der Waals surface area contributed by atoms with Gasteiger partial charge < -0.3 is 4.90 Å². The second-order valence-corrected chi connectivity index (χ2v) is 3.02. The summed E-state index contributed by atoms with van der Waals surface area (Å²) in [6.45, 7) is 2.17. The van der Waals surface area contributed by atoms with Gasteiger partial charge in [-0.1, -0.05) is 25.8 Å². The summed E-state index contributed by atoms with van der Waals surface area (Å²) in [6, 6.07) is 0.363. The first kappa shape index (κ1) is 8.31. The van der Waals surface area contributed by atoms with Gasteiger partial charge in [0.1, 0.15) is 0 Å². The molecule has 0 fully saturated rings. The predicted molar refractivity (Wildman–Crippen MR) is 45.2 cm³/mol. The first-order valence-corrected chi connectivity index (χ1v) is 4.20. The summed E-state index contributed by atoms with van der Waals surface area (Å²) in [5, 5.41) is 0. The molecule has 0 aromatic heterocycles. The molecule has 62 valence electrons. The molecule has 1 aliphatic rings. The second-order valence-electron chi connectivity index (χ2n) is 3.02. The maximum absolute atomic E-state index is 11.0. The molecule has 1 amide bonds. The third-order valence-electron chi connectivity index (χ3n) is 2.16. The molecule has 0 radical (unpaired) electrons. The van der Waals surface area contributed by atoms with Crippen LogP contribution < -0.4 is 0 Å². The number of carbonyl (C=O) groups excluding carboxylic acids is 1. The van der Waals surface area contributed by atoms with E-state index < -0.39 is 0 Å². The molecule has 1 rings (SSSR count). The highest BCUT2D eigenvalue weighted by molar-refractivity contribution is 5.90. The monoisotopic (exact) mass is 153 g/mol.